The van der Waals surface area contributed by atoms with E-state index in [-0.39, 0.29) is 58.8 Å². The largest absolute Gasteiger partial charge is 1.00 e. The molecular formula is C6H18KN. The van der Waals surface area contributed by atoms with Gasteiger partial charge in [-0.05, 0) is 6.04 Å². The minimum atomic E-state index is 0. The average molecular weight is 143 g/mol. The first kappa shape index (κ1) is 22.6. The first-order valence-corrected chi connectivity index (χ1v) is 2.49. The molecule has 0 bridgehead atoms. The van der Waals surface area contributed by atoms with E-state index in [0.29, 0.717) is 6.04 Å². The van der Waals surface area contributed by atoms with Gasteiger partial charge in [-0.15, -0.1) is 0 Å². The summed E-state index contributed by atoms with van der Waals surface area (Å²) in [6, 6.07) is 0.333. The van der Waals surface area contributed by atoms with Gasteiger partial charge < -0.3 is 13.2 Å². The van der Waals surface area contributed by atoms with Crippen molar-refractivity contribution in [2.24, 2.45) is 5.73 Å². The van der Waals surface area contributed by atoms with Crippen molar-refractivity contribution in [1.82, 2.24) is 0 Å². The van der Waals surface area contributed by atoms with Crippen LogP contribution in [0.25, 0.3) is 0 Å². The van der Waals surface area contributed by atoms with Crippen LogP contribution in [0.2, 0.25) is 0 Å². The van der Waals surface area contributed by atoms with E-state index in [1.165, 1.54) is 0 Å². The molecule has 0 radical (unpaired) electrons. The average Bonchev–Trinajstić information content (AvgIpc) is 1.41. The molecule has 0 aromatic carbocycles. The van der Waals surface area contributed by atoms with Crippen molar-refractivity contribution < 1.29 is 51.4 Å². The van der Waals surface area contributed by atoms with Gasteiger partial charge in [-0.1, -0.05) is 27.7 Å². The van der Waals surface area contributed by atoms with Crippen LogP contribution in [0.4, 0.5) is 0 Å². The summed E-state index contributed by atoms with van der Waals surface area (Å²) < 4.78 is 0. The van der Waals surface area contributed by atoms with Gasteiger partial charge in [0.05, 0.1) is 0 Å². The molecule has 0 aromatic rings. The summed E-state index contributed by atoms with van der Waals surface area (Å²) in [5, 5.41) is 0. The predicted octanol–water partition coefficient (Wildman–Crippen LogP) is -1.17. The molecular weight excluding hydrogens is 125 g/mol. The van der Waals surface area contributed by atoms with E-state index in [4.69, 9.17) is 5.73 Å². The third kappa shape index (κ3) is 130. The Morgan fingerprint density at radius 3 is 1.12 bits per heavy atom. The van der Waals surface area contributed by atoms with Crippen LogP contribution in [0.3, 0.4) is 0 Å². The summed E-state index contributed by atoms with van der Waals surface area (Å²) in [4.78, 5) is 0. The van der Waals surface area contributed by atoms with E-state index in [2.05, 4.69) is 0 Å². The molecule has 0 spiro atoms. The second-order valence-electron chi connectivity index (χ2n) is 1.24. The zero-order valence-corrected chi connectivity index (χ0v) is 10.3. The van der Waals surface area contributed by atoms with Gasteiger partial charge in [0, 0.05) is 0 Å². The molecule has 2 heteroatoms. The van der Waals surface area contributed by atoms with Crippen molar-refractivity contribution in [2.45, 2.75) is 33.7 Å². The number of rotatable bonds is 0. The Morgan fingerprint density at radius 2 is 1.12 bits per heavy atom. The Hall–Kier alpha value is 1.60. The molecule has 0 aliphatic carbocycles. The van der Waals surface area contributed by atoms with Crippen molar-refractivity contribution in [1.29, 1.82) is 0 Å². The number of hydrogen-bond donors (Lipinski definition) is 1. The van der Waals surface area contributed by atoms with Gasteiger partial charge >= 0.3 is 51.4 Å². The molecule has 0 aliphatic heterocycles. The van der Waals surface area contributed by atoms with E-state index >= 15 is 0 Å². The second-order valence-corrected chi connectivity index (χ2v) is 1.24. The molecule has 2 N–H and O–H groups in total. The minimum absolute atomic E-state index is 0. The fourth-order valence-corrected chi connectivity index (χ4v) is 0. The van der Waals surface area contributed by atoms with Crippen LogP contribution >= 0.6 is 0 Å². The third-order valence-electron chi connectivity index (χ3n) is 0. The van der Waals surface area contributed by atoms with Gasteiger partial charge in [-0.3, -0.25) is 0 Å². The Balaban J connectivity index is -0.0000000183. The minimum Gasteiger partial charge on any atom is -0.358 e. The van der Waals surface area contributed by atoms with Gasteiger partial charge in [-0.25, -0.2) is 0 Å². The Morgan fingerprint density at radius 1 is 1.12 bits per heavy atom. The van der Waals surface area contributed by atoms with Crippen LogP contribution in [0.5, 0.6) is 0 Å². The van der Waals surface area contributed by atoms with E-state index in [0.717, 1.165) is 0 Å². The molecule has 0 fully saturated rings. The van der Waals surface area contributed by atoms with Crippen molar-refractivity contribution in [3.63, 3.8) is 0 Å². The molecule has 0 aliphatic rings. The summed E-state index contributed by atoms with van der Waals surface area (Å²) in [6.07, 6.45) is 0. The van der Waals surface area contributed by atoms with Gasteiger partial charge in [-0.2, -0.15) is 0 Å². The Kier molecular flexibility index (Phi) is 66.5. The van der Waals surface area contributed by atoms with Crippen LogP contribution < -0.4 is 57.1 Å². The molecule has 0 saturated carbocycles. The van der Waals surface area contributed by atoms with Crippen molar-refractivity contribution in [2.75, 3.05) is 0 Å². The van der Waals surface area contributed by atoms with Gasteiger partial charge in [0.2, 0.25) is 0 Å². The normalized spacial score (nSPS) is 5.25. The smallest absolute Gasteiger partial charge is 0.358 e. The summed E-state index contributed by atoms with van der Waals surface area (Å²) in [7, 11) is 0. The van der Waals surface area contributed by atoms with Crippen LogP contribution in [-0.4, -0.2) is 6.04 Å². The first-order chi connectivity index (χ1) is 2.73. The maximum absolute atomic E-state index is 5.11. The van der Waals surface area contributed by atoms with Gasteiger partial charge in [0.1, 0.15) is 0 Å². The van der Waals surface area contributed by atoms with E-state index in [9.17, 15) is 0 Å². The van der Waals surface area contributed by atoms with Crippen molar-refractivity contribution in [3.8, 4) is 0 Å². The standard InChI is InChI=1S/C3H9N.C2H6.CH3.K/c1-3(2)4;1-2;;/h3H,4H2,1-2H3;1-2H3;1H3;/q;;-1;+1. The quantitative estimate of drug-likeness (QED) is 0.336. The van der Waals surface area contributed by atoms with Crippen LogP contribution in [0.15, 0.2) is 0 Å². The summed E-state index contributed by atoms with van der Waals surface area (Å²) in [5.41, 5.74) is 5.11. The molecule has 0 saturated heterocycles. The SMILES string of the molecule is CC.CC(C)N.[CH3-].[K+]. The Labute approximate surface area is 96.8 Å². The summed E-state index contributed by atoms with van der Waals surface area (Å²) in [5.74, 6) is 0. The molecule has 0 atom stereocenters. The zero-order valence-electron chi connectivity index (χ0n) is 7.15. The van der Waals surface area contributed by atoms with Crippen LogP contribution in [-0.2, 0) is 0 Å². The van der Waals surface area contributed by atoms with Crippen LogP contribution in [0.1, 0.15) is 27.7 Å². The third-order valence-corrected chi connectivity index (χ3v) is 0. The Bertz CT molecular complexity index is 13.2. The molecule has 0 heterocycles. The summed E-state index contributed by atoms with van der Waals surface area (Å²) >= 11 is 0. The molecule has 48 valence electrons. The fraction of sp³-hybridized carbons (Fsp3) is 0.833. The molecule has 0 rings (SSSR count). The molecule has 1 nitrogen and oxygen atoms in total. The summed E-state index contributed by atoms with van der Waals surface area (Å²) in [6.45, 7) is 7.89. The number of hydrogen-bond acceptors (Lipinski definition) is 1. The topological polar surface area (TPSA) is 26.0 Å². The van der Waals surface area contributed by atoms with E-state index < -0.39 is 0 Å². The fourth-order valence-electron chi connectivity index (χ4n) is 0. The number of nitrogens with two attached hydrogens (primary N) is 1. The molecule has 0 aromatic heterocycles. The predicted molar refractivity (Wildman–Crippen MR) is 37.1 cm³/mol. The van der Waals surface area contributed by atoms with E-state index in [1.54, 1.807) is 0 Å². The van der Waals surface area contributed by atoms with Crippen molar-refractivity contribution >= 4 is 0 Å². The molecule has 0 amide bonds. The maximum atomic E-state index is 5.11. The van der Waals surface area contributed by atoms with Gasteiger partial charge in [0.25, 0.3) is 0 Å². The second kappa shape index (κ2) is 23.5. The first-order valence-electron chi connectivity index (χ1n) is 2.49. The van der Waals surface area contributed by atoms with E-state index in [1.807, 2.05) is 27.7 Å². The van der Waals surface area contributed by atoms with Crippen molar-refractivity contribution in [3.05, 3.63) is 7.43 Å². The molecule has 8 heavy (non-hydrogen) atoms. The monoisotopic (exact) mass is 143 g/mol. The van der Waals surface area contributed by atoms with Crippen LogP contribution in [0, 0.1) is 7.43 Å². The maximum Gasteiger partial charge on any atom is 1.00 e. The zero-order chi connectivity index (χ0) is 5.58. The van der Waals surface area contributed by atoms with Gasteiger partial charge in [0.15, 0.2) is 0 Å². The molecule has 0 unspecified atom stereocenters.